The van der Waals surface area contributed by atoms with Gasteiger partial charge >= 0.3 is 0 Å². The Kier molecular flexibility index (Phi) is 7.51. The smallest absolute Gasteiger partial charge is 0.253 e. The van der Waals surface area contributed by atoms with E-state index in [2.05, 4.69) is 6.92 Å². The topological polar surface area (TPSA) is 57.7 Å². The summed E-state index contributed by atoms with van der Waals surface area (Å²) in [6.07, 6.45) is 0. The summed E-state index contributed by atoms with van der Waals surface area (Å²) in [7, 11) is -3.77. The summed E-state index contributed by atoms with van der Waals surface area (Å²) < 4.78 is 27.2. The van der Waals surface area contributed by atoms with Crippen LogP contribution in [0.3, 0.4) is 0 Å². The first-order valence-corrected chi connectivity index (χ1v) is 12.6. The van der Waals surface area contributed by atoms with E-state index in [0.29, 0.717) is 23.7 Å². The van der Waals surface area contributed by atoms with E-state index in [1.807, 2.05) is 36.0 Å². The molecule has 0 bridgehead atoms. The fourth-order valence-corrected chi connectivity index (χ4v) is 5.88. The number of thioether (sulfide) groups is 1. The summed E-state index contributed by atoms with van der Waals surface area (Å²) in [5, 5.41) is 0.441. The molecule has 0 unspecified atom stereocenters. The SMILES string of the molecule is CCSCc1ccc(C(=O)N2CCN(S(=O)(=O)c3cc(Cl)ccc3Cl)CC2)cc1. The molecule has 1 fully saturated rings. The number of piperazine rings is 1. The molecule has 1 aliphatic rings. The molecule has 0 N–H and O–H groups in total. The molecule has 2 aromatic rings. The Morgan fingerprint density at radius 3 is 2.31 bits per heavy atom. The maximum Gasteiger partial charge on any atom is 0.253 e. The summed E-state index contributed by atoms with van der Waals surface area (Å²) in [5.74, 6) is 1.89. The van der Waals surface area contributed by atoms with Crippen molar-refractivity contribution in [2.45, 2.75) is 17.6 Å². The van der Waals surface area contributed by atoms with Crippen LogP contribution in [0.15, 0.2) is 47.4 Å². The standard InChI is InChI=1S/C20H22Cl2N2O3S2/c1-2-28-14-15-3-5-16(6-4-15)20(25)23-9-11-24(12-10-23)29(26,27)19-13-17(21)7-8-18(19)22/h3-8,13H,2,9-12,14H2,1H3. The van der Waals surface area contributed by atoms with Crippen molar-refractivity contribution in [3.63, 3.8) is 0 Å². The van der Waals surface area contributed by atoms with E-state index in [-0.39, 0.29) is 28.9 Å². The van der Waals surface area contributed by atoms with Crippen LogP contribution in [-0.4, -0.2) is 55.5 Å². The number of sulfonamides is 1. The zero-order valence-corrected chi connectivity index (χ0v) is 19.1. The lowest BCUT2D eigenvalue weighted by atomic mass is 10.1. The van der Waals surface area contributed by atoms with Crippen LogP contribution in [0, 0.1) is 0 Å². The van der Waals surface area contributed by atoms with Crippen LogP contribution in [0.5, 0.6) is 0 Å². The summed E-state index contributed by atoms with van der Waals surface area (Å²) in [5.41, 5.74) is 1.80. The van der Waals surface area contributed by atoms with Crippen molar-refractivity contribution < 1.29 is 13.2 Å². The minimum absolute atomic E-state index is 0.00742. The molecular formula is C20H22Cl2N2O3S2. The van der Waals surface area contributed by atoms with Crippen molar-refractivity contribution in [2.24, 2.45) is 0 Å². The van der Waals surface area contributed by atoms with Crippen LogP contribution in [0.25, 0.3) is 0 Å². The molecule has 2 aromatic carbocycles. The monoisotopic (exact) mass is 472 g/mol. The number of carbonyl (C=O) groups excluding carboxylic acids is 1. The Balaban J connectivity index is 1.65. The Labute approximate surface area is 186 Å². The molecular weight excluding hydrogens is 451 g/mol. The second kappa shape index (κ2) is 9.71. The number of carbonyl (C=O) groups is 1. The van der Waals surface area contributed by atoms with Gasteiger partial charge in [0, 0.05) is 42.5 Å². The van der Waals surface area contributed by atoms with Gasteiger partial charge in [0.2, 0.25) is 10.0 Å². The van der Waals surface area contributed by atoms with Gasteiger partial charge < -0.3 is 4.90 Å². The van der Waals surface area contributed by atoms with Gasteiger partial charge in [0.1, 0.15) is 4.90 Å². The highest BCUT2D eigenvalue weighted by atomic mass is 35.5. The minimum Gasteiger partial charge on any atom is -0.336 e. The lowest BCUT2D eigenvalue weighted by Gasteiger charge is -2.34. The molecule has 1 aliphatic heterocycles. The predicted octanol–water partition coefficient (Wildman–Crippen LogP) is 4.39. The number of hydrogen-bond acceptors (Lipinski definition) is 4. The first kappa shape index (κ1) is 22.4. The van der Waals surface area contributed by atoms with Crippen molar-refractivity contribution in [3.05, 3.63) is 63.6 Å². The highest BCUT2D eigenvalue weighted by Gasteiger charge is 2.31. The molecule has 3 rings (SSSR count). The second-order valence-corrected chi connectivity index (χ2v) is 10.6. The molecule has 0 aliphatic carbocycles. The maximum absolute atomic E-state index is 12.9. The van der Waals surface area contributed by atoms with Gasteiger partial charge in [-0.25, -0.2) is 8.42 Å². The number of halogens is 2. The van der Waals surface area contributed by atoms with E-state index >= 15 is 0 Å². The van der Waals surface area contributed by atoms with E-state index < -0.39 is 10.0 Å². The van der Waals surface area contributed by atoms with Gasteiger partial charge in [0.15, 0.2) is 0 Å². The highest BCUT2D eigenvalue weighted by Crippen LogP contribution is 2.28. The number of hydrogen-bond donors (Lipinski definition) is 0. The summed E-state index contributed by atoms with van der Waals surface area (Å²) in [6.45, 7) is 3.18. The third-order valence-electron chi connectivity index (χ3n) is 4.71. The zero-order chi connectivity index (χ0) is 21.0. The molecule has 0 aromatic heterocycles. The van der Waals surface area contributed by atoms with Crippen molar-refractivity contribution >= 4 is 50.9 Å². The maximum atomic E-state index is 12.9. The Bertz CT molecular complexity index is 974. The number of benzene rings is 2. The van der Waals surface area contributed by atoms with E-state index in [1.54, 1.807) is 11.0 Å². The fraction of sp³-hybridized carbons (Fsp3) is 0.350. The van der Waals surface area contributed by atoms with Gasteiger partial charge in [-0.05, 0) is 41.6 Å². The van der Waals surface area contributed by atoms with E-state index in [1.165, 1.54) is 22.0 Å². The first-order chi connectivity index (χ1) is 13.8. The van der Waals surface area contributed by atoms with Crippen molar-refractivity contribution in [1.82, 2.24) is 9.21 Å². The third kappa shape index (κ3) is 5.27. The molecule has 0 atom stereocenters. The number of amides is 1. The van der Waals surface area contributed by atoms with Crippen LogP contribution in [0.2, 0.25) is 10.0 Å². The van der Waals surface area contributed by atoms with Crippen LogP contribution in [-0.2, 0) is 15.8 Å². The van der Waals surface area contributed by atoms with Gasteiger partial charge in [-0.15, -0.1) is 0 Å². The lowest BCUT2D eigenvalue weighted by molar-refractivity contribution is 0.0698. The Hall–Kier alpha value is -1.25. The highest BCUT2D eigenvalue weighted by molar-refractivity contribution is 7.98. The van der Waals surface area contributed by atoms with Crippen LogP contribution in [0.1, 0.15) is 22.8 Å². The lowest BCUT2D eigenvalue weighted by Crippen LogP contribution is -2.50. The van der Waals surface area contributed by atoms with Crippen molar-refractivity contribution in [3.8, 4) is 0 Å². The molecule has 1 amide bonds. The molecule has 5 nitrogen and oxygen atoms in total. The van der Waals surface area contributed by atoms with Crippen molar-refractivity contribution in [2.75, 3.05) is 31.9 Å². The largest absolute Gasteiger partial charge is 0.336 e. The van der Waals surface area contributed by atoms with Gasteiger partial charge in [-0.2, -0.15) is 16.1 Å². The molecule has 1 saturated heterocycles. The zero-order valence-electron chi connectivity index (χ0n) is 16.0. The van der Waals surface area contributed by atoms with Gasteiger partial charge in [-0.3, -0.25) is 4.79 Å². The van der Waals surface area contributed by atoms with Gasteiger partial charge in [0.25, 0.3) is 5.91 Å². The minimum atomic E-state index is -3.77. The average Bonchev–Trinajstić information content (AvgIpc) is 2.74. The number of nitrogens with zero attached hydrogens (tertiary/aromatic N) is 2. The molecule has 9 heteroatoms. The van der Waals surface area contributed by atoms with E-state index in [4.69, 9.17) is 23.2 Å². The quantitative estimate of drug-likeness (QED) is 0.625. The molecule has 1 heterocycles. The Morgan fingerprint density at radius 1 is 1.03 bits per heavy atom. The van der Waals surface area contributed by atoms with E-state index in [9.17, 15) is 13.2 Å². The van der Waals surface area contributed by atoms with Crippen LogP contribution in [0.4, 0.5) is 0 Å². The summed E-state index contributed by atoms with van der Waals surface area (Å²) >= 11 is 13.8. The number of rotatable bonds is 6. The van der Waals surface area contributed by atoms with Gasteiger partial charge in [-0.1, -0.05) is 42.3 Å². The summed E-state index contributed by atoms with van der Waals surface area (Å²) in [6, 6.07) is 12.0. The summed E-state index contributed by atoms with van der Waals surface area (Å²) in [4.78, 5) is 14.4. The normalized spacial score (nSPS) is 15.5. The van der Waals surface area contributed by atoms with E-state index in [0.717, 1.165) is 11.5 Å². The molecule has 29 heavy (non-hydrogen) atoms. The fourth-order valence-electron chi connectivity index (χ4n) is 3.09. The van der Waals surface area contributed by atoms with Gasteiger partial charge in [0.05, 0.1) is 5.02 Å². The Morgan fingerprint density at radius 2 is 1.69 bits per heavy atom. The molecule has 156 valence electrons. The van der Waals surface area contributed by atoms with Crippen molar-refractivity contribution in [1.29, 1.82) is 0 Å². The van der Waals surface area contributed by atoms with Crippen LogP contribution >= 0.6 is 35.0 Å². The molecule has 0 radical (unpaired) electrons. The second-order valence-electron chi connectivity index (χ2n) is 6.61. The third-order valence-corrected chi connectivity index (χ3v) is 8.27. The molecule has 0 saturated carbocycles. The van der Waals surface area contributed by atoms with Crippen LogP contribution < -0.4 is 0 Å². The predicted molar refractivity (Wildman–Crippen MR) is 119 cm³/mol. The average molecular weight is 473 g/mol. The molecule has 0 spiro atoms. The first-order valence-electron chi connectivity index (χ1n) is 9.24.